The molecule has 24 heavy (non-hydrogen) atoms. The summed E-state index contributed by atoms with van der Waals surface area (Å²) in [5.41, 5.74) is -0.392. The van der Waals surface area contributed by atoms with Gasteiger partial charge in [-0.1, -0.05) is 42.5 Å². The monoisotopic (exact) mass is 331 g/mol. The van der Waals surface area contributed by atoms with Crippen molar-refractivity contribution >= 4 is 12.0 Å². The van der Waals surface area contributed by atoms with Gasteiger partial charge in [-0.2, -0.15) is 18.4 Å². The van der Waals surface area contributed by atoms with Gasteiger partial charge < -0.3 is 4.74 Å². The number of benzene rings is 2. The molecule has 0 radical (unpaired) electrons. The maximum atomic E-state index is 12.7. The van der Waals surface area contributed by atoms with E-state index in [0.717, 1.165) is 23.8 Å². The Hall–Kier alpha value is -3.07. The van der Waals surface area contributed by atoms with E-state index in [-0.39, 0.29) is 17.7 Å². The molecule has 2 aromatic rings. The first-order valence-electron chi connectivity index (χ1n) is 6.90. The van der Waals surface area contributed by atoms with Crippen LogP contribution >= 0.6 is 0 Å². The number of alkyl halides is 3. The second-order valence-corrected chi connectivity index (χ2v) is 4.85. The van der Waals surface area contributed by atoms with Crippen molar-refractivity contribution in [3.63, 3.8) is 0 Å². The molecule has 2 rings (SSSR count). The predicted octanol–water partition coefficient (Wildman–Crippen LogP) is 4.36. The number of carbonyl (C=O) groups is 1. The molecule has 2 aromatic carbocycles. The lowest BCUT2D eigenvalue weighted by Crippen LogP contribution is -2.07. The molecule has 0 bridgehead atoms. The molecule has 0 unspecified atom stereocenters. The van der Waals surface area contributed by atoms with Crippen molar-refractivity contribution in [1.82, 2.24) is 0 Å². The SMILES string of the molecule is N#C/C(=C\c1cccc(C(F)(F)F)c1)C(=O)OCc1ccccc1. The van der Waals surface area contributed by atoms with Crippen molar-refractivity contribution in [2.75, 3.05) is 0 Å². The van der Waals surface area contributed by atoms with Gasteiger partial charge in [0.25, 0.3) is 0 Å². The van der Waals surface area contributed by atoms with Crippen molar-refractivity contribution in [2.45, 2.75) is 12.8 Å². The lowest BCUT2D eigenvalue weighted by Gasteiger charge is -2.07. The molecule has 0 amide bonds. The first-order valence-corrected chi connectivity index (χ1v) is 6.90. The summed E-state index contributed by atoms with van der Waals surface area (Å²) in [6, 6.07) is 14.8. The molecular formula is C18H12F3NO2. The summed E-state index contributed by atoms with van der Waals surface area (Å²) in [6.07, 6.45) is -3.42. The Morgan fingerprint density at radius 2 is 1.83 bits per heavy atom. The summed E-state index contributed by atoms with van der Waals surface area (Å²) in [4.78, 5) is 11.9. The number of hydrogen-bond donors (Lipinski definition) is 0. The van der Waals surface area contributed by atoms with E-state index in [1.54, 1.807) is 36.4 Å². The normalized spacial score (nSPS) is 11.7. The molecule has 0 saturated heterocycles. The van der Waals surface area contributed by atoms with Crippen molar-refractivity contribution < 1.29 is 22.7 Å². The van der Waals surface area contributed by atoms with E-state index in [0.29, 0.717) is 0 Å². The van der Waals surface area contributed by atoms with Crippen molar-refractivity contribution in [3.05, 3.63) is 76.9 Å². The lowest BCUT2D eigenvalue weighted by atomic mass is 10.1. The van der Waals surface area contributed by atoms with Crippen molar-refractivity contribution in [2.24, 2.45) is 0 Å². The molecule has 0 aromatic heterocycles. The molecule has 0 saturated carbocycles. The molecule has 122 valence electrons. The lowest BCUT2D eigenvalue weighted by molar-refractivity contribution is -0.139. The fourth-order valence-corrected chi connectivity index (χ4v) is 1.91. The van der Waals surface area contributed by atoms with Gasteiger partial charge in [0, 0.05) is 0 Å². The molecule has 0 spiro atoms. The number of ether oxygens (including phenoxy) is 1. The van der Waals surface area contributed by atoms with Crippen LogP contribution in [-0.2, 0) is 22.3 Å². The van der Waals surface area contributed by atoms with Crippen LogP contribution in [0, 0.1) is 11.3 Å². The van der Waals surface area contributed by atoms with E-state index in [1.165, 1.54) is 12.1 Å². The van der Waals surface area contributed by atoms with Crippen LogP contribution < -0.4 is 0 Å². The van der Waals surface area contributed by atoms with Gasteiger partial charge in [-0.05, 0) is 29.3 Å². The molecule has 0 heterocycles. The molecule has 0 aliphatic rings. The molecule has 3 nitrogen and oxygen atoms in total. The minimum atomic E-state index is -4.50. The van der Waals surface area contributed by atoms with E-state index in [2.05, 4.69) is 0 Å². The number of halogens is 3. The largest absolute Gasteiger partial charge is 0.457 e. The van der Waals surface area contributed by atoms with Gasteiger partial charge in [-0.15, -0.1) is 0 Å². The van der Waals surface area contributed by atoms with Gasteiger partial charge in [-0.3, -0.25) is 0 Å². The highest BCUT2D eigenvalue weighted by Crippen LogP contribution is 2.30. The Labute approximate surface area is 136 Å². The standard InChI is InChI=1S/C18H12F3NO2/c19-18(20,21)16-8-4-7-14(10-16)9-15(11-22)17(23)24-12-13-5-2-1-3-6-13/h1-10H,12H2/b15-9+. The quantitative estimate of drug-likeness (QED) is 0.475. The van der Waals surface area contributed by atoms with E-state index in [4.69, 9.17) is 10.00 Å². The minimum absolute atomic E-state index is 0.0265. The summed E-state index contributed by atoms with van der Waals surface area (Å²) in [6.45, 7) is -0.0265. The summed E-state index contributed by atoms with van der Waals surface area (Å²) in [5.74, 6) is -0.890. The van der Waals surface area contributed by atoms with Gasteiger partial charge in [0.1, 0.15) is 18.2 Å². The third-order valence-electron chi connectivity index (χ3n) is 3.08. The summed E-state index contributed by atoms with van der Waals surface area (Å²) in [7, 11) is 0. The Morgan fingerprint density at radius 1 is 1.12 bits per heavy atom. The molecule has 0 aliphatic carbocycles. The Bertz CT molecular complexity index is 790. The highest BCUT2D eigenvalue weighted by Gasteiger charge is 2.30. The van der Waals surface area contributed by atoms with Gasteiger partial charge >= 0.3 is 12.1 Å². The second-order valence-electron chi connectivity index (χ2n) is 4.85. The van der Waals surface area contributed by atoms with Crippen LogP contribution in [0.3, 0.4) is 0 Å². The Balaban J connectivity index is 2.14. The van der Waals surface area contributed by atoms with Gasteiger partial charge in [-0.25, -0.2) is 4.79 Å². The Kier molecular flexibility index (Phi) is 5.38. The van der Waals surface area contributed by atoms with E-state index in [9.17, 15) is 18.0 Å². The van der Waals surface area contributed by atoms with E-state index in [1.807, 2.05) is 0 Å². The van der Waals surface area contributed by atoms with Crippen molar-refractivity contribution in [3.8, 4) is 6.07 Å². The summed E-state index contributed by atoms with van der Waals surface area (Å²) in [5, 5.41) is 9.04. The fourth-order valence-electron chi connectivity index (χ4n) is 1.91. The smallest absolute Gasteiger partial charge is 0.416 e. The second kappa shape index (κ2) is 7.47. The third-order valence-corrected chi connectivity index (χ3v) is 3.08. The first kappa shape index (κ1) is 17.3. The highest BCUT2D eigenvalue weighted by atomic mass is 19.4. The first-order chi connectivity index (χ1) is 11.4. The Morgan fingerprint density at radius 3 is 2.46 bits per heavy atom. The van der Waals surface area contributed by atoms with Crippen LogP contribution in [0.4, 0.5) is 13.2 Å². The van der Waals surface area contributed by atoms with Crippen LogP contribution in [0.25, 0.3) is 6.08 Å². The molecule has 0 atom stereocenters. The molecule has 0 fully saturated rings. The van der Waals surface area contributed by atoms with Gasteiger partial charge in [0.05, 0.1) is 5.56 Å². The van der Waals surface area contributed by atoms with Crippen LogP contribution in [-0.4, -0.2) is 5.97 Å². The highest BCUT2D eigenvalue weighted by molar-refractivity contribution is 5.97. The van der Waals surface area contributed by atoms with E-state index < -0.39 is 17.7 Å². The number of carbonyl (C=O) groups excluding carboxylic acids is 1. The average Bonchev–Trinajstić information content (AvgIpc) is 2.58. The zero-order valence-corrected chi connectivity index (χ0v) is 12.4. The maximum Gasteiger partial charge on any atom is 0.416 e. The predicted molar refractivity (Wildman–Crippen MR) is 81.3 cm³/mol. The van der Waals surface area contributed by atoms with E-state index >= 15 is 0 Å². The van der Waals surface area contributed by atoms with Gasteiger partial charge in [0.15, 0.2) is 0 Å². The zero-order valence-electron chi connectivity index (χ0n) is 12.4. The summed E-state index contributed by atoms with van der Waals surface area (Å²) < 4.78 is 43.0. The average molecular weight is 331 g/mol. The topological polar surface area (TPSA) is 50.1 Å². The van der Waals surface area contributed by atoms with Crippen molar-refractivity contribution in [1.29, 1.82) is 5.26 Å². The number of nitrogens with zero attached hydrogens (tertiary/aromatic N) is 1. The van der Waals surface area contributed by atoms with Crippen LogP contribution in [0.2, 0.25) is 0 Å². The summed E-state index contributed by atoms with van der Waals surface area (Å²) >= 11 is 0. The molecular weight excluding hydrogens is 319 g/mol. The van der Waals surface area contributed by atoms with Crippen LogP contribution in [0.5, 0.6) is 0 Å². The third kappa shape index (κ3) is 4.71. The number of nitriles is 1. The maximum absolute atomic E-state index is 12.7. The fraction of sp³-hybridized carbons (Fsp3) is 0.111. The van der Waals surface area contributed by atoms with Crippen LogP contribution in [0.15, 0.2) is 60.2 Å². The minimum Gasteiger partial charge on any atom is -0.457 e. The molecule has 0 N–H and O–H groups in total. The zero-order chi connectivity index (χ0) is 17.6. The van der Waals surface area contributed by atoms with Gasteiger partial charge in [0.2, 0.25) is 0 Å². The molecule has 6 heteroatoms. The number of hydrogen-bond acceptors (Lipinski definition) is 3. The molecule has 0 aliphatic heterocycles. The number of rotatable bonds is 4. The number of esters is 1. The van der Waals surface area contributed by atoms with Crippen LogP contribution in [0.1, 0.15) is 16.7 Å².